The first-order chi connectivity index (χ1) is 14.0. The number of benzene rings is 2. The lowest BCUT2D eigenvalue weighted by Gasteiger charge is -2.42. The molecule has 1 amide bonds. The molecule has 8 heteroatoms. The molecule has 0 atom stereocenters. The van der Waals surface area contributed by atoms with Crippen molar-refractivity contribution in [3.05, 3.63) is 57.2 Å². The second-order valence-corrected chi connectivity index (χ2v) is 11.0. The van der Waals surface area contributed by atoms with E-state index in [0.717, 1.165) is 35.7 Å². The molecule has 29 heavy (non-hydrogen) atoms. The highest BCUT2D eigenvalue weighted by molar-refractivity contribution is 7.80. The molecule has 2 aromatic heterocycles. The van der Waals surface area contributed by atoms with Crippen molar-refractivity contribution in [1.82, 2.24) is 4.98 Å². The number of anilines is 1. The van der Waals surface area contributed by atoms with E-state index in [2.05, 4.69) is 18.8 Å². The van der Waals surface area contributed by atoms with Crippen molar-refractivity contribution in [3.63, 3.8) is 0 Å². The standard InChI is InChI=1S/C21H16N2O2S4/c1-21(2)18-17(19(26)29-28-18)12-7-3-5-9-14(12)23(21)16(24)11-25-20-22-13-8-4-6-10-15(13)27-20/h3-10H,11H2,1-2H3. The summed E-state index contributed by atoms with van der Waals surface area (Å²) in [5, 5.41) is 0.509. The van der Waals surface area contributed by atoms with E-state index in [-0.39, 0.29) is 12.5 Å². The third kappa shape index (κ3) is 3.02. The molecule has 0 unspecified atom stereocenters. The molecule has 146 valence electrons. The SMILES string of the molecule is CC1(C)c2ssc(=S)c2-c2ccccc2N1C(=O)COc1nc2ccccc2s1. The van der Waals surface area contributed by atoms with Crippen LogP contribution >= 0.6 is 44.2 Å². The quantitative estimate of drug-likeness (QED) is 0.261. The smallest absolute Gasteiger partial charge is 0.274 e. The van der Waals surface area contributed by atoms with E-state index in [4.69, 9.17) is 17.0 Å². The molecule has 4 nitrogen and oxygen atoms in total. The second-order valence-electron chi connectivity index (χ2n) is 7.20. The highest BCUT2D eigenvalue weighted by atomic mass is 32.9. The van der Waals surface area contributed by atoms with Gasteiger partial charge in [0.05, 0.1) is 26.3 Å². The highest BCUT2D eigenvalue weighted by Gasteiger charge is 2.42. The summed E-state index contributed by atoms with van der Waals surface area (Å²) in [5.41, 5.74) is 3.35. The van der Waals surface area contributed by atoms with Crippen molar-refractivity contribution in [1.29, 1.82) is 0 Å². The number of para-hydroxylation sites is 2. The number of thiazole rings is 1. The summed E-state index contributed by atoms with van der Waals surface area (Å²) in [6.45, 7) is 4.06. The minimum atomic E-state index is -0.504. The summed E-state index contributed by atoms with van der Waals surface area (Å²) in [4.78, 5) is 20.8. The maximum absolute atomic E-state index is 13.3. The zero-order valence-electron chi connectivity index (χ0n) is 15.7. The molecular formula is C21H16N2O2S4. The van der Waals surface area contributed by atoms with Crippen LogP contribution in [0.1, 0.15) is 18.7 Å². The number of rotatable bonds is 3. The minimum Gasteiger partial charge on any atom is -0.460 e. The molecule has 2 aromatic carbocycles. The van der Waals surface area contributed by atoms with E-state index in [1.54, 1.807) is 20.7 Å². The van der Waals surface area contributed by atoms with E-state index >= 15 is 0 Å². The fourth-order valence-electron chi connectivity index (χ4n) is 3.73. The Kier molecular flexibility index (Phi) is 4.54. The third-order valence-corrected chi connectivity index (χ3v) is 9.28. The van der Waals surface area contributed by atoms with Crippen LogP contribution in [0.25, 0.3) is 21.3 Å². The van der Waals surface area contributed by atoms with E-state index in [0.29, 0.717) is 5.19 Å². The lowest BCUT2D eigenvalue weighted by Crippen LogP contribution is -2.49. The Bertz CT molecular complexity index is 1270. The zero-order chi connectivity index (χ0) is 20.2. The van der Waals surface area contributed by atoms with Crippen molar-refractivity contribution >= 4 is 66.0 Å². The van der Waals surface area contributed by atoms with Crippen LogP contribution in [0, 0.1) is 3.82 Å². The van der Waals surface area contributed by atoms with Crippen molar-refractivity contribution in [3.8, 4) is 16.3 Å². The molecule has 1 aliphatic heterocycles. The second kappa shape index (κ2) is 6.98. The first-order valence-electron chi connectivity index (χ1n) is 9.01. The van der Waals surface area contributed by atoms with Gasteiger partial charge in [0, 0.05) is 11.1 Å². The molecule has 5 rings (SSSR count). The number of amides is 1. The first kappa shape index (κ1) is 18.9. The van der Waals surface area contributed by atoms with Gasteiger partial charge in [-0.15, -0.1) is 0 Å². The molecule has 0 bridgehead atoms. The van der Waals surface area contributed by atoms with E-state index in [9.17, 15) is 4.79 Å². The van der Waals surface area contributed by atoms with Crippen LogP contribution in [0.4, 0.5) is 5.69 Å². The normalized spacial score (nSPS) is 14.5. The van der Waals surface area contributed by atoms with Gasteiger partial charge < -0.3 is 4.74 Å². The van der Waals surface area contributed by atoms with E-state index < -0.39 is 5.54 Å². The zero-order valence-corrected chi connectivity index (χ0v) is 18.9. The molecule has 0 fully saturated rings. The fourth-order valence-corrected chi connectivity index (χ4v) is 7.82. The van der Waals surface area contributed by atoms with Gasteiger partial charge >= 0.3 is 0 Å². The topological polar surface area (TPSA) is 42.4 Å². The van der Waals surface area contributed by atoms with Gasteiger partial charge in [0.1, 0.15) is 3.82 Å². The number of hydrogen-bond donors (Lipinski definition) is 0. The van der Waals surface area contributed by atoms with Gasteiger partial charge in [-0.25, -0.2) is 4.98 Å². The monoisotopic (exact) mass is 456 g/mol. The average Bonchev–Trinajstić information content (AvgIpc) is 3.30. The Morgan fingerprint density at radius 3 is 2.72 bits per heavy atom. The molecular weight excluding hydrogens is 441 g/mol. The summed E-state index contributed by atoms with van der Waals surface area (Å²) in [6.07, 6.45) is 0. The molecule has 0 spiro atoms. The Morgan fingerprint density at radius 2 is 1.90 bits per heavy atom. The maximum Gasteiger partial charge on any atom is 0.274 e. The molecule has 0 saturated heterocycles. The van der Waals surface area contributed by atoms with Crippen LogP contribution in [0.2, 0.25) is 0 Å². The largest absolute Gasteiger partial charge is 0.460 e. The first-order valence-corrected chi connectivity index (χ1v) is 12.4. The summed E-state index contributed by atoms with van der Waals surface area (Å²) in [5.74, 6) is -0.100. The van der Waals surface area contributed by atoms with Gasteiger partial charge in [0.2, 0.25) is 0 Å². The van der Waals surface area contributed by atoms with Crippen LogP contribution < -0.4 is 9.64 Å². The molecule has 0 aliphatic carbocycles. The number of nitrogens with zero attached hydrogens (tertiary/aromatic N) is 2. The molecule has 4 aromatic rings. The predicted octanol–water partition coefficient (Wildman–Crippen LogP) is 6.48. The van der Waals surface area contributed by atoms with E-state index in [1.165, 1.54) is 11.3 Å². The van der Waals surface area contributed by atoms with Crippen molar-refractivity contribution in [2.45, 2.75) is 19.4 Å². The molecule has 0 N–H and O–H groups in total. The van der Waals surface area contributed by atoms with Gasteiger partial charge in [0.25, 0.3) is 11.1 Å². The summed E-state index contributed by atoms with van der Waals surface area (Å²) < 4.78 is 7.73. The van der Waals surface area contributed by atoms with E-state index in [1.807, 2.05) is 53.4 Å². The van der Waals surface area contributed by atoms with Gasteiger partial charge in [-0.2, -0.15) is 0 Å². The number of hydrogen-bond acceptors (Lipinski definition) is 7. The summed E-state index contributed by atoms with van der Waals surface area (Å²) in [7, 11) is 3.24. The molecule has 1 aliphatic rings. The number of carbonyl (C=O) groups is 1. The Morgan fingerprint density at radius 1 is 1.14 bits per heavy atom. The molecule has 0 saturated carbocycles. The lowest BCUT2D eigenvalue weighted by molar-refractivity contribution is -0.121. The van der Waals surface area contributed by atoms with Crippen LogP contribution in [0.15, 0.2) is 48.5 Å². The number of aromatic nitrogens is 1. The van der Waals surface area contributed by atoms with Gasteiger partial charge in [-0.05, 0) is 32.0 Å². The van der Waals surface area contributed by atoms with Gasteiger partial charge in [-0.3, -0.25) is 9.69 Å². The number of fused-ring (bicyclic) bond motifs is 4. The van der Waals surface area contributed by atoms with Crippen LogP contribution in [-0.2, 0) is 10.3 Å². The third-order valence-electron chi connectivity index (χ3n) is 5.00. The minimum absolute atomic E-state index is 0.0670. The predicted molar refractivity (Wildman–Crippen MR) is 124 cm³/mol. The Hall–Kier alpha value is -2.13. The number of carbonyl (C=O) groups excluding carboxylic acids is 1. The molecule has 3 heterocycles. The van der Waals surface area contributed by atoms with Crippen molar-refractivity contribution in [2.24, 2.45) is 0 Å². The van der Waals surface area contributed by atoms with Crippen LogP contribution in [0.3, 0.4) is 0 Å². The highest BCUT2D eigenvalue weighted by Crippen LogP contribution is 2.51. The lowest BCUT2D eigenvalue weighted by atomic mass is 9.87. The number of ether oxygens (including phenoxy) is 1. The Labute approximate surface area is 184 Å². The van der Waals surface area contributed by atoms with Gasteiger partial charge in [-0.1, -0.05) is 74.6 Å². The summed E-state index contributed by atoms with van der Waals surface area (Å²) in [6, 6.07) is 15.8. The maximum atomic E-state index is 13.3. The van der Waals surface area contributed by atoms with Crippen molar-refractivity contribution in [2.75, 3.05) is 11.5 Å². The average molecular weight is 457 g/mol. The fraction of sp³-hybridized carbons (Fsp3) is 0.190. The molecule has 0 radical (unpaired) electrons. The van der Waals surface area contributed by atoms with Crippen LogP contribution in [0.5, 0.6) is 5.19 Å². The van der Waals surface area contributed by atoms with Crippen molar-refractivity contribution < 1.29 is 9.53 Å². The van der Waals surface area contributed by atoms with Crippen LogP contribution in [-0.4, -0.2) is 17.5 Å². The summed E-state index contributed by atoms with van der Waals surface area (Å²) >= 11 is 7.05. The Balaban J connectivity index is 1.49. The van der Waals surface area contributed by atoms with Gasteiger partial charge in [0.15, 0.2) is 6.61 Å².